The summed E-state index contributed by atoms with van der Waals surface area (Å²) >= 11 is 1.43. The lowest BCUT2D eigenvalue weighted by atomic mass is 10.4. The van der Waals surface area contributed by atoms with E-state index in [-0.39, 0.29) is 18.0 Å². The van der Waals surface area contributed by atoms with Crippen LogP contribution in [-0.4, -0.2) is 39.9 Å². The van der Waals surface area contributed by atoms with Gasteiger partial charge in [-0.15, -0.1) is 11.3 Å². The van der Waals surface area contributed by atoms with E-state index in [0.29, 0.717) is 0 Å². The monoisotopic (exact) mass is 279 g/mol. The Bertz CT molecular complexity index is 467. The number of aliphatic hydroxyl groups is 1. The minimum Gasteiger partial charge on any atom is -0.389 e. The highest BCUT2D eigenvalue weighted by atomic mass is 32.2. The van der Waals surface area contributed by atoms with Crippen molar-refractivity contribution >= 4 is 21.4 Å². The lowest BCUT2D eigenvalue weighted by Crippen LogP contribution is -2.34. The van der Waals surface area contributed by atoms with Crippen molar-refractivity contribution in [3.8, 4) is 0 Å². The Hall–Kier alpha value is -0.470. The van der Waals surface area contributed by atoms with Crippen molar-refractivity contribution in [1.29, 1.82) is 0 Å². The summed E-state index contributed by atoms with van der Waals surface area (Å²) in [5.74, 6) is 0. The van der Waals surface area contributed by atoms with E-state index in [1.54, 1.807) is 13.0 Å². The first kappa shape index (κ1) is 14.6. The molecule has 0 spiro atoms. The zero-order valence-corrected chi connectivity index (χ0v) is 11.7. The molecular weight excluding hydrogens is 262 g/mol. The second-order valence-corrected chi connectivity index (χ2v) is 6.93. The highest BCUT2D eigenvalue weighted by molar-refractivity contribution is 7.89. The van der Waals surface area contributed by atoms with Crippen molar-refractivity contribution in [1.82, 2.24) is 4.72 Å². The van der Waals surface area contributed by atoms with Crippen LogP contribution in [0.2, 0.25) is 0 Å². The summed E-state index contributed by atoms with van der Waals surface area (Å²) in [5, 5.41) is 9.38. The van der Waals surface area contributed by atoms with Crippen LogP contribution in [0.4, 0.5) is 0 Å². The van der Waals surface area contributed by atoms with Crippen LogP contribution < -0.4 is 4.72 Å². The molecule has 0 bridgehead atoms. The molecule has 98 valence electrons. The number of sulfonamides is 1. The van der Waals surface area contributed by atoms with Crippen molar-refractivity contribution in [2.45, 2.75) is 24.8 Å². The average molecular weight is 279 g/mol. The molecule has 0 saturated carbocycles. The SMILES string of the molecule is COCC(O)CNS(=O)(=O)c1cc(C)sc1C. The highest BCUT2D eigenvalue weighted by Gasteiger charge is 2.19. The summed E-state index contributed by atoms with van der Waals surface area (Å²) in [5.41, 5.74) is 0. The molecule has 0 radical (unpaired) electrons. The van der Waals surface area contributed by atoms with Gasteiger partial charge in [0.1, 0.15) is 0 Å². The molecule has 0 fully saturated rings. The number of aliphatic hydroxyl groups excluding tert-OH is 1. The molecule has 2 N–H and O–H groups in total. The number of aryl methyl sites for hydroxylation is 2. The third-order valence-electron chi connectivity index (χ3n) is 2.15. The summed E-state index contributed by atoms with van der Waals surface area (Å²) < 4.78 is 30.9. The molecule has 17 heavy (non-hydrogen) atoms. The first-order chi connectivity index (χ1) is 7.86. The Morgan fingerprint density at radius 2 is 2.18 bits per heavy atom. The van der Waals surface area contributed by atoms with Crippen molar-refractivity contribution in [2.24, 2.45) is 0 Å². The van der Waals surface area contributed by atoms with Crippen LogP contribution >= 0.6 is 11.3 Å². The Balaban J connectivity index is 2.73. The van der Waals surface area contributed by atoms with Crippen molar-refractivity contribution < 1.29 is 18.3 Å². The quantitative estimate of drug-likeness (QED) is 0.802. The molecule has 0 saturated heterocycles. The summed E-state index contributed by atoms with van der Waals surface area (Å²) in [7, 11) is -2.09. The molecule has 0 aromatic carbocycles. The zero-order chi connectivity index (χ0) is 13.1. The minimum atomic E-state index is -3.54. The van der Waals surface area contributed by atoms with Crippen LogP contribution in [0.1, 0.15) is 9.75 Å². The van der Waals surface area contributed by atoms with Crippen molar-refractivity contribution in [3.63, 3.8) is 0 Å². The molecule has 0 aliphatic rings. The Labute approximate surface area is 105 Å². The van der Waals surface area contributed by atoms with Crippen LogP contribution in [0.25, 0.3) is 0 Å². The topological polar surface area (TPSA) is 75.6 Å². The van der Waals surface area contributed by atoms with Gasteiger partial charge in [-0.3, -0.25) is 0 Å². The van der Waals surface area contributed by atoms with Crippen LogP contribution in [0, 0.1) is 13.8 Å². The number of rotatable bonds is 6. The van der Waals surface area contributed by atoms with Crippen LogP contribution in [-0.2, 0) is 14.8 Å². The van der Waals surface area contributed by atoms with E-state index in [1.165, 1.54) is 18.4 Å². The normalized spacial score (nSPS) is 13.9. The van der Waals surface area contributed by atoms with E-state index < -0.39 is 16.1 Å². The second kappa shape index (κ2) is 5.92. The molecule has 1 aromatic heterocycles. The summed E-state index contributed by atoms with van der Waals surface area (Å²) in [6, 6.07) is 1.63. The molecule has 0 amide bonds. The molecule has 7 heteroatoms. The number of ether oxygens (including phenoxy) is 1. The lowest BCUT2D eigenvalue weighted by Gasteiger charge is -2.11. The fourth-order valence-corrected chi connectivity index (χ4v) is 4.03. The summed E-state index contributed by atoms with van der Waals surface area (Å²) in [6.07, 6.45) is -0.838. The van der Waals surface area contributed by atoms with Crippen LogP contribution in [0.5, 0.6) is 0 Å². The van der Waals surface area contributed by atoms with E-state index in [1.807, 2.05) is 6.92 Å². The van der Waals surface area contributed by atoms with Gasteiger partial charge in [0.15, 0.2) is 0 Å². The maximum absolute atomic E-state index is 11.9. The molecule has 5 nitrogen and oxygen atoms in total. The van der Waals surface area contributed by atoms with E-state index in [2.05, 4.69) is 4.72 Å². The van der Waals surface area contributed by atoms with Crippen LogP contribution in [0.3, 0.4) is 0 Å². The average Bonchev–Trinajstić information content (AvgIpc) is 2.56. The fraction of sp³-hybridized carbons (Fsp3) is 0.600. The Kier molecular flexibility index (Phi) is 5.08. The first-order valence-electron chi connectivity index (χ1n) is 5.10. The van der Waals surface area contributed by atoms with Gasteiger partial charge in [0.2, 0.25) is 10.0 Å². The third-order valence-corrected chi connectivity index (χ3v) is 4.80. The molecular formula is C10H17NO4S2. The van der Waals surface area contributed by atoms with Gasteiger partial charge in [-0.2, -0.15) is 0 Å². The van der Waals surface area contributed by atoms with Gasteiger partial charge < -0.3 is 9.84 Å². The first-order valence-corrected chi connectivity index (χ1v) is 7.40. The predicted molar refractivity (Wildman–Crippen MR) is 66.9 cm³/mol. The van der Waals surface area contributed by atoms with E-state index in [9.17, 15) is 13.5 Å². The number of hydrogen-bond acceptors (Lipinski definition) is 5. The van der Waals surface area contributed by atoms with Gasteiger partial charge in [0.05, 0.1) is 17.6 Å². The molecule has 1 unspecified atom stereocenters. The molecule has 0 aliphatic carbocycles. The third kappa shape index (κ3) is 4.04. The number of thiophene rings is 1. The maximum atomic E-state index is 11.9. The van der Waals surface area contributed by atoms with Crippen molar-refractivity contribution in [2.75, 3.05) is 20.3 Å². The van der Waals surface area contributed by atoms with Crippen LogP contribution in [0.15, 0.2) is 11.0 Å². The second-order valence-electron chi connectivity index (χ2n) is 3.74. The zero-order valence-electron chi connectivity index (χ0n) is 10.1. The van der Waals surface area contributed by atoms with Gasteiger partial charge >= 0.3 is 0 Å². The lowest BCUT2D eigenvalue weighted by molar-refractivity contribution is 0.0679. The molecule has 1 atom stereocenters. The smallest absolute Gasteiger partial charge is 0.241 e. The van der Waals surface area contributed by atoms with Gasteiger partial charge in [0.25, 0.3) is 0 Å². The molecule has 1 heterocycles. The fourth-order valence-electron chi connectivity index (χ4n) is 1.41. The Morgan fingerprint density at radius 1 is 1.53 bits per heavy atom. The maximum Gasteiger partial charge on any atom is 0.241 e. The summed E-state index contributed by atoms with van der Waals surface area (Å²) in [4.78, 5) is 1.97. The molecule has 1 aromatic rings. The van der Waals surface area contributed by atoms with E-state index in [0.717, 1.165) is 9.75 Å². The number of methoxy groups -OCH3 is 1. The molecule has 0 aliphatic heterocycles. The molecule has 1 rings (SSSR count). The number of nitrogens with one attached hydrogen (secondary N) is 1. The van der Waals surface area contributed by atoms with Gasteiger partial charge in [0, 0.05) is 23.4 Å². The van der Waals surface area contributed by atoms with E-state index >= 15 is 0 Å². The summed E-state index contributed by atoms with van der Waals surface area (Å²) in [6.45, 7) is 3.67. The van der Waals surface area contributed by atoms with Crippen molar-refractivity contribution in [3.05, 3.63) is 15.8 Å². The van der Waals surface area contributed by atoms with Gasteiger partial charge in [-0.25, -0.2) is 13.1 Å². The van der Waals surface area contributed by atoms with Gasteiger partial charge in [-0.1, -0.05) is 0 Å². The Morgan fingerprint density at radius 3 is 2.65 bits per heavy atom. The highest BCUT2D eigenvalue weighted by Crippen LogP contribution is 2.24. The largest absolute Gasteiger partial charge is 0.389 e. The predicted octanol–water partition coefficient (Wildman–Crippen LogP) is 0.651. The minimum absolute atomic E-state index is 0.0511. The standard InChI is InChI=1S/C10H17NO4S2/c1-7-4-10(8(2)16-7)17(13,14)11-5-9(12)6-15-3/h4,9,11-12H,5-6H2,1-3H3. The van der Waals surface area contributed by atoms with Gasteiger partial charge in [-0.05, 0) is 19.9 Å². The van der Waals surface area contributed by atoms with E-state index in [4.69, 9.17) is 4.74 Å². The number of hydrogen-bond donors (Lipinski definition) is 2.